The van der Waals surface area contributed by atoms with Crippen LogP contribution in [0.2, 0.25) is 0 Å². The number of likely N-dealkylation sites (N-methyl/N-ethyl adjacent to an activating group) is 1. The van der Waals surface area contributed by atoms with Gasteiger partial charge in [0.15, 0.2) is 0 Å². The second-order valence-electron chi connectivity index (χ2n) is 6.46. The van der Waals surface area contributed by atoms with Gasteiger partial charge < -0.3 is 4.90 Å². The van der Waals surface area contributed by atoms with Gasteiger partial charge in [-0.3, -0.25) is 4.68 Å². The molecule has 0 spiro atoms. The summed E-state index contributed by atoms with van der Waals surface area (Å²) in [6.07, 6.45) is 0. The van der Waals surface area contributed by atoms with E-state index in [2.05, 4.69) is 21.6 Å². The van der Waals surface area contributed by atoms with Gasteiger partial charge in [0.05, 0.1) is 11.4 Å². The van der Waals surface area contributed by atoms with E-state index in [1.165, 1.54) is 0 Å². The number of nitrogens with zero attached hydrogens (tertiary/aromatic N) is 3. The highest BCUT2D eigenvalue weighted by Gasteiger charge is 2.33. The van der Waals surface area contributed by atoms with E-state index in [1.807, 2.05) is 27.8 Å². The second kappa shape index (κ2) is 5.70. The summed E-state index contributed by atoms with van der Waals surface area (Å²) in [6, 6.07) is 0.102. The first kappa shape index (κ1) is 16.5. The highest BCUT2D eigenvalue weighted by molar-refractivity contribution is 7.89. The molecule has 1 fully saturated rings. The van der Waals surface area contributed by atoms with Crippen molar-refractivity contribution in [1.82, 2.24) is 19.4 Å². The molecule has 1 aromatic rings. The largest absolute Gasteiger partial charge is 0.304 e. The molecule has 1 aliphatic rings. The van der Waals surface area contributed by atoms with Gasteiger partial charge in [-0.25, -0.2) is 13.1 Å². The molecule has 1 N–H and O–H groups in total. The molecule has 21 heavy (non-hydrogen) atoms. The van der Waals surface area contributed by atoms with Crippen LogP contribution in [-0.4, -0.2) is 49.3 Å². The Morgan fingerprint density at radius 2 is 1.90 bits per heavy atom. The number of sulfonamides is 1. The molecule has 0 bridgehead atoms. The third kappa shape index (κ3) is 3.14. The van der Waals surface area contributed by atoms with Crippen molar-refractivity contribution in [2.75, 3.05) is 20.1 Å². The Balaban J connectivity index is 2.32. The van der Waals surface area contributed by atoms with Crippen molar-refractivity contribution < 1.29 is 8.42 Å². The fraction of sp³-hybridized carbons (Fsp3) is 0.786. The van der Waals surface area contributed by atoms with E-state index in [1.54, 1.807) is 11.6 Å². The molecule has 1 aromatic heterocycles. The zero-order valence-electron chi connectivity index (χ0n) is 13.7. The highest BCUT2D eigenvalue weighted by Crippen LogP contribution is 2.24. The van der Waals surface area contributed by atoms with E-state index < -0.39 is 10.0 Å². The molecule has 1 saturated heterocycles. The maximum absolute atomic E-state index is 12.7. The minimum absolute atomic E-state index is 0.0406. The molecule has 2 heterocycles. The monoisotopic (exact) mass is 314 g/mol. The molecular formula is C14H26N4O2S. The van der Waals surface area contributed by atoms with Crippen LogP contribution in [0.25, 0.3) is 0 Å². The smallest absolute Gasteiger partial charge is 0.244 e. The summed E-state index contributed by atoms with van der Waals surface area (Å²) in [5, 5.41) is 4.37. The van der Waals surface area contributed by atoms with E-state index in [9.17, 15) is 8.42 Å². The third-order valence-electron chi connectivity index (χ3n) is 4.12. The molecule has 0 unspecified atom stereocenters. The molecule has 2 rings (SSSR count). The van der Waals surface area contributed by atoms with Crippen LogP contribution in [-0.2, 0) is 10.0 Å². The molecule has 0 amide bonds. The molecule has 0 aromatic carbocycles. The predicted octanol–water partition coefficient (Wildman–Crippen LogP) is 1.31. The van der Waals surface area contributed by atoms with Gasteiger partial charge in [-0.05, 0) is 40.7 Å². The van der Waals surface area contributed by atoms with Crippen LogP contribution in [0.3, 0.4) is 0 Å². The van der Waals surface area contributed by atoms with E-state index >= 15 is 0 Å². The standard InChI is InChI=1S/C14H26N4O2S/c1-9(2)18-12(5)14(11(4)15-18)21(19,20)16-13-8-17(6)7-10(13)3/h9-10,13,16H,7-8H2,1-6H3/t10-,13-/m0/s1. The summed E-state index contributed by atoms with van der Waals surface area (Å²) in [5.74, 6) is 0.311. The van der Waals surface area contributed by atoms with Gasteiger partial charge in [-0.1, -0.05) is 6.92 Å². The number of rotatable bonds is 4. The van der Waals surface area contributed by atoms with Crippen molar-refractivity contribution in [3.8, 4) is 0 Å². The van der Waals surface area contributed by atoms with Crippen LogP contribution in [0.15, 0.2) is 4.90 Å². The number of aryl methyl sites for hydroxylation is 1. The second-order valence-corrected chi connectivity index (χ2v) is 8.12. The number of likely N-dealkylation sites (tertiary alicyclic amines) is 1. The summed E-state index contributed by atoms with van der Waals surface area (Å²) < 4.78 is 30.1. The van der Waals surface area contributed by atoms with Crippen molar-refractivity contribution in [3.63, 3.8) is 0 Å². The molecule has 1 aliphatic heterocycles. The zero-order chi connectivity index (χ0) is 15.9. The highest BCUT2D eigenvalue weighted by atomic mass is 32.2. The summed E-state index contributed by atoms with van der Waals surface area (Å²) in [4.78, 5) is 2.48. The summed E-state index contributed by atoms with van der Waals surface area (Å²) in [6.45, 7) is 11.3. The predicted molar refractivity (Wildman–Crippen MR) is 82.9 cm³/mol. The quantitative estimate of drug-likeness (QED) is 0.910. The maximum Gasteiger partial charge on any atom is 0.244 e. The van der Waals surface area contributed by atoms with Gasteiger partial charge in [0.2, 0.25) is 10.0 Å². The third-order valence-corrected chi connectivity index (χ3v) is 5.86. The normalized spacial score (nSPS) is 24.1. The van der Waals surface area contributed by atoms with Crippen LogP contribution in [0.1, 0.15) is 38.2 Å². The van der Waals surface area contributed by atoms with E-state index in [4.69, 9.17) is 0 Å². The molecular weight excluding hydrogens is 288 g/mol. The minimum Gasteiger partial charge on any atom is -0.304 e. The first-order chi connectivity index (χ1) is 9.63. The SMILES string of the molecule is Cc1nn(C(C)C)c(C)c1S(=O)(=O)N[C@H]1CN(C)C[C@@H]1C. The van der Waals surface area contributed by atoms with Crippen molar-refractivity contribution in [2.24, 2.45) is 5.92 Å². The lowest BCUT2D eigenvalue weighted by Crippen LogP contribution is -2.39. The zero-order valence-corrected chi connectivity index (χ0v) is 14.5. The topological polar surface area (TPSA) is 67.2 Å². The lowest BCUT2D eigenvalue weighted by molar-refractivity contribution is 0.400. The Labute approximate surface area is 127 Å². The average molecular weight is 314 g/mol. The number of hydrogen-bond donors (Lipinski definition) is 1. The first-order valence-electron chi connectivity index (χ1n) is 7.40. The lowest BCUT2D eigenvalue weighted by atomic mass is 10.1. The Morgan fingerprint density at radius 1 is 1.29 bits per heavy atom. The summed E-state index contributed by atoms with van der Waals surface area (Å²) in [7, 11) is -1.52. The van der Waals surface area contributed by atoms with Crippen molar-refractivity contribution in [2.45, 2.75) is 51.6 Å². The molecule has 2 atom stereocenters. The Kier molecular flexibility index (Phi) is 4.46. The van der Waals surface area contributed by atoms with Gasteiger partial charge in [0, 0.05) is 25.2 Å². The van der Waals surface area contributed by atoms with E-state index in [0.717, 1.165) is 13.1 Å². The fourth-order valence-electron chi connectivity index (χ4n) is 3.16. The number of nitrogens with one attached hydrogen (secondary N) is 1. The molecule has 0 aliphatic carbocycles. The summed E-state index contributed by atoms with van der Waals surface area (Å²) in [5.41, 5.74) is 1.27. The molecule has 7 heteroatoms. The maximum atomic E-state index is 12.7. The van der Waals surface area contributed by atoms with Gasteiger partial charge in [0.25, 0.3) is 0 Å². The van der Waals surface area contributed by atoms with Crippen LogP contribution in [0, 0.1) is 19.8 Å². The van der Waals surface area contributed by atoms with Crippen LogP contribution in [0.5, 0.6) is 0 Å². The fourth-order valence-corrected chi connectivity index (χ4v) is 4.90. The van der Waals surface area contributed by atoms with Gasteiger partial charge in [-0.2, -0.15) is 5.10 Å². The Hall–Kier alpha value is -0.920. The number of aromatic nitrogens is 2. The molecule has 0 radical (unpaired) electrons. The average Bonchev–Trinajstić information content (AvgIpc) is 2.79. The Bertz CT molecular complexity index is 621. The van der Waals surface area contributed by atoms with E-state index in [-0.39, 0.29) is 12.1 Å². The van der Waals surface area contributed by atoms with Crippen LogP contribution in [0.4, 0.5) is 0 Å². The summed E-state index contributed by atoms with van der Waals surface area (Å²) >= 11 is 0. The van der Waals surface area contributed by atoms with Gasteiger partial charge in [0.1, 0.15) is 4.90 Å². The molecule has 120 valence electrons. The van der Waals surface area contributed by atoms with E-state index in [0.29, 0.717) is 22.2 Å². The molecule has 0 saturated carbocycles. The first-order valence-corrected chi connectivity index (χ1v) is 8.88. The van der Waals surface area contributed by atoms with Crippen molar-refractivity contribution in [1.29, 1.82) is 0 Å². The van der Waals surface area contributed by atoms with Crippen molar-refractivity contribution in [3.05, 3.63) is 11.4 Å². The van der Waals surface area contributed by atoms with Gasteiger partial charge >= 0.3 is 0 Å². The Morgan fingerprint density at radius 3 is 2.33 bits per heavy atom. The van der Waals surface area contributed by atoms with Crippen molar-refractivity contribution >= 4 is 10.0 Å². The number of hydrogen-bond acceptors (Lipinski definition) is 4. The minimum atomic E-state index is -3.53. The van der Waals surface area contributed by atoms with Crippen LogP contribution >= 0.6 is 0 Å². The molecule has 6 nitrogen and oxygen atoms in total. The van der Waals surface area contributed by atoms with Crippen LogP contribution < -0.4 is 4.72 Å². The van der Waals surface area contributed by atoms with Gasteiger partial charge in [-0.15, -0.1) is 0 Å². The lowest BCUT2D eigenvalue weighted by Gasteiger charge is -2.17.